The van der Waals surface area contributed by atoms with Crippen molar-refractivity contribution in [1.82, 2.24) is 20.4 Å². The van der Waals surface area contributed by atoms with Crippen LogP contribution >= 0.6 is 12.4 Å². The van der Waals surface area contributed by atoms with Crippen LogP contribution in [0.25, 0.3) is 0 Å². The van der Waals surface area contributed by atoms with Crippen molar-refractivity contribution in [2.75, 3.05) is 13.1 Å². The molecule has 3 rings (SSSR count). The van der Waals surface area contributed by atoms with E-state index in [-0.39, 0.29) is 24.4 Å². The molecule has 124 valence electrons. The van der Waals surface area contributed by atoms with Gasteiger partial charge in [0, 0.05) is 11.7 Å². The highest BCUT2D eigenvalue weighted by molar-refractivity contribution is 5.95. The largest absolute Gasteiger partial charge is 0.349 e. The Morgan fingerprint density at radius 2 is 2.00 bits per heavy atom. The van der Waals surface area contributed by atoms with E-state index in [1.807, 2.05) is 29.8 Å². The summed E-state index contributed by atoms with van der Waals surface area (Å²) >= 11 is 0. The zero-order valence-corrected chi connectivity index (χ0v) is 14.1. The fourth-order valence-electron chi connectivity index (χ4n) is 2.81. The highest BCUT2D eigenvalue weighted by atomic mass is 35.5. The van der Waals surface area contributed by atoms with Gasteiger partial charge in [-0.3, -0.25) is 9.48 Å². The van der Waals surface area contributed by atoms with E-state index in [9.17, 15) is 4.79 Å². The molecule has 2 N–H and O–H groups in total. The van der Waals surface area contributed by atoms with Crippen molar-refractivity contribution in [3.8, 4) is 0 Å². The molecule has 2 aromatic rings. The first-order chi connectivity index (χ1) is 10.7. The number of piperidine rings is 1. The number of hydrogen-bond donors (Lipinski definition) is 2. The predicted octanol–water partition coefficient (Wildman–Crippen LogP) is 2.14. The van der Waals surface area contributed by atoms with Gasteiger partial charge in [-0.25, -0.2) is 0 Å². The molecular formula is C17H23ClN4O. The number of aromatic nitrogens is 2. The molecule has 0 saturated carbocycles. The Labute approximate surface area is 142 Å². The minimum Gasteiger partial charge on any atom is -0.349 e. The first-order valence-electron chi connectivity index (χ1n) is 7.82. The quantitative estimate of drug-likeness (QED) is 0.900. The summed E-state index contributed by atoms with van der Waals surface area (Å²) in [6, 6.07) is 10.4. The molecule has 0 aliphatic carbocycles. The van der Waals surface area contributed by atoms with Gasteiger partial charge in [0.25, 0.3) is 5.91 Å². The van der Waals surface area contributed by atoms with Crippen LogP contribution in [0.2, 0.25) is 0 Å². The zero-order chi connectivity index (χ0) is 15.4. The van der Waals surface area contributed by atoms with E-state index in [1.165, 1.54) is 5.56 Å². The fraction of sp³-hybridized carbons (Fsp3) is 0.412. The second kappa shape index (κ2) is 8.13. The molecule has 1 fully saturated rings. The number of nitrogens with zero attached hydrogens (tertiary/aromatic N) is 2. The van der Waals surface area contributed by atoms with E-state index in [2.05, 4.69) is 27.9 Å². The average Bonchev–Trinajstić information content (AvgIpc) is 2.90. The van der Waals surface area contributed by atoms with Crippen LogP contribution in [0.15, 0.2) is 36.5 Å². The standard InChI is InChI=1S/C17H22N4O.ClH/c1-13-16(17(22)20-15-7-9-18-10-8-15)11-19-21(13)12-14-5-3-2-4-6-14;/h2-6,11,15,18H,7-10,12H2,1H3,(H,20,22);1H. The van der Waals surface area contributed by atoms with Gasteiger partial charge in [-0.05, 0) is 38.4 Å². The lowest BCUT2D eigenvalue weighted by Crippen LogP contribution is -2.42. The van der Waals surface area contributed by atoms with Crippen LogP contribution in [-0.2, 0) is 6.54 Å². The summed E-state index contributed by atoms with van der Waals surface area (Å²) in [6.07, 6.45) is 3.65. The number of carbonyl (C=O) groups excluding carboxylic acids is 1. The van der Waals surface area contributed by atoms with Crippen molar-refractivity contribution in [2.45, 2.75) is 32.4 Å². The molecule has 1 amide bonds. The maximum absolute atomic E-state index is 12.4. The molecule has 0 spiro atoms. The third kappa shape index (κ3) is 4.33. The third-order valence-corrected chi connectivity index (χ3v) is 4.20. The number of amides is 1. The molecule has 1 aromatic carbocycles. The Balaban J connectivity index is 0.00000192. The van der Waals surface area contributed by atoms with Crippen LogP contribution in [0, 0.1) is 6.92 Å². The summed E-state index contributed by atoms with van der Waals surface area (Å²) in [4.78, 5) is 12.4. The molecule has 0 radical (unpaired) electrons. The second-order valence-electron chi connectivity index (χ2n) is 5.78. The van der Waals surface area contributed by atoms with Crippen molar-refractivity contribution in [3.05, 3.63) is 53.3 Å². The molecule has 1 aliphatic heterocycles. The smallest absolute Gasteiger partial charge is 0.254 e. The first kappa shape index (κ1) is 17.5. The molecule has 0 atom stereocenters. The van der Waals surface area contributed by atoms with Gasteiger partial charge in [-0.15, -0.1) is 12.4 Å². The summed E-state index contributed by atoms with van der Waals surface area (Å²) in [7, 11) is 0. The normalized spacial score (nSPS) is 15.0. The Hall–Kier alpha value is -1.85. The molecule has 6 heteroatoms. The van der Waals surface area contributed by atoms with Crippen molar-refractivity contribution >= 4 is 18.3 Å². The summed E-state index contributed by atoms with van der Waals surface area (Å²) in [5.41, 5.74) is 2.77. The summed E-state index contributed by atoms with van der Waals surface area (Å²) in [5, 5.41) is 10.8. The Kier molecular flexibility index (Phi) is 6.19. The summed E-state index contributed by atoms with van der Waals surface area (Å²) in [6.45, 7) is 4.58. The molecular weight excluding hydrogens is 312 g/mol. The lowest BCUT2D eigenvalue weighted by atomic mass is 10.1. The van der Waals surface area contributed by atoms with Gasteiger partial charge in [-0.2, -0.15) is 5.10 Å². The minimum absolute atomic E-state index is 0. The van der Waals surface area contributed by atoms with E-state index in [4.69, 9.17) is 0 Å². The molecule has 2 heterocycles. The number of halogens is 1. The maximum atomic E-state index is 12.4. The van der Waals surface area contributed by atoms with E-state index in [0.717, 1.165) is 31.6 Å². The Morgan fingerprint density at radius 1 is 1.30 bits per heavy atom. The van der Waals surface area contributed by atoms with E-state index in [0.29, 0.717) is 12.1 Å². The van der Waals surface area contributed by atoms with Gasteiger partial charge in [0.1, 0.15) is 0 Å². The monoisotopic (exact) mass is 334 g/mol. The Morgan fingerprint density at radius 3 is 2.70 bits per heavy atom. The highest BCUT2D eigenvalue weighted by Gasteiger charge is 2.19. The maximum Gasteiger partial charge on any atom is 0.254 e. The van der Waals surface area contributed by atoms with Gasteiger partial charge in [0.2, 0.25) is 0 Å². The highest BCUT2D eigenvalue weighted by Crippen LogP contribution is 2.11. The molecule has 1 aliphatic rings. The van der Waals surface area contributed by atoms with Crippen LogP contribution in [0.4, 0.5) is 0 Å². The van der Waals surface area contributed by atoms with Crippen LogP contribution in [0.5, 0.6) is 0 Å². The van der Waals surface area contributed by atoms with Crippen molar-refractivity contribution in [1.29, 1.82) is 0 Å². The number of carbonyl (C=O) groups is 1. The van der Waals surface area contributed by atoms with Gasteiger partial charge in [-0.1, -0.05) is 30.3 Å². The van der Waals surface area contributed by atoms with Crippen molar-refractivity contribution in [3.63, 3.8) is 0 Å². The summed E-state index contributed by atoms with van der Waals surface area (Å²) < 4.78 is 1.88. The summed E-state index contributed by atoms with van der Waals surface area (Å²) in [5.74, 6) is -0.0105. The molecule has 0 bridgehead atoms. The van der Waals surface area contributed by atoms with Gasteiger partial charge in [0.05, 0.1) is 18.3 Å². The van der Waals surface area contributed by atoms with Gasteiger partial charge in [0.15, 0.2) is 0 Å². The number of hydrogen-bond acceptors (Lipinski definition) is 3. The van der Waals surface area contributed by atoms with Crippen molar-refractivity contribution < 1.29 is 4.79 Å². The fourth-order valence-corrected chi connectivity index (χ4v) is 2.81. The second-order valence-corrected chi connectivity index (χ2v) is 5.78. The predicted molar refractivity (Wildman–Crippen MR) is 93.1 cm³/mol. The topological polar surface area (TPSA) is 59.0 Å². The van der Waals surface area contributed by atoms with Crippen LogP contribution in [-0.4, -0.2) is 34.8 Å². The molecule has 5 nitrogen and oxygen atoms in total. The van der Waals surface area contributed by atoms with Crippen LogP contribution in [0.3, 0.4) is 0 Å². The number of nitrogens with one attached hydrogen (secondary N) is 2. The first-order valence-corrected chi connectivity index (χ1v) is 7.82. The average molecular weight is 335 g/mol. The number of benzene rings is 1. The lowest BCUT2D eigenvalue weighted by Gasteiger charge is -2.23. The molecule has 23 heavy (non-hydrogen) atoms. The van der Waals surface area contributed by atoms with Gasteiger partial charge >= 0.3 is 0 Å². The molecule has 1 saturated heterocycles. The van der Waals surface area contributed by atoms with Crippen LogP contribution < -0.4 is 10.6 Å². The third-order valence-electron chi connectivity index (χ3n) is 4.20. The van der Waals surface area contributed by atoms with Gasteiger partial charge < -0.3 is 10.6 Å². The van der Waals surface area contributed by atoms with E-state index in [1.54, 1.807) is 6.20 Å². The van der Waals surface area contributed by atoms with Crippen molar-refractivity contribution in [2.24, 2.45) is 0 Å². The Bertz CT molecular complexity index is 635. The molecule has 1 aromatic heterocycles. The minimum atomic E-state index is -0.0105. The zero-order valence-electron chi connectivity index (χ0n) is 13.3. The van der Waals surface area contributed by atoms with Crippen LogP contribution in [0.1, 0.15) is 34.5 Å². The number of rotatable bonds is 4. The van der Waals surface area contributed by atoms with E-state index >= 15 is 0 Å². The molecule has 0 unspecified atom stereocenters. The SMILES string of the molecule is Cc1c(C(=O)NC2CCNCC2)cnn1Cc1ccccc1.Cl. The lowest BCUT2D eigenvalue weighted by molar-refractivity contribution is 0.0929. The van der Waals surface area contributed by atoms with E-state index < -0.39 is 0 Å².